The smallest absolute Gasteiger partial charge is 0.0768 e. The molecule has 3 atom stereocenters. The van der Waals surface area contributed by atoms with Gasteiger partial charge in [-0.1, -0.05) is 31.3 Å². The highest BCUT2D eigenvalue weighted by Gasteiger charge is 2.41. The third-order valence-corrected chi connectivity index (χ3v) is 6.90. The maximum atomic E-state index is 5.67. The highest BCUT2D eigenvalue weighted by atomic mass is 32.1. The Hall–Kier alpha value is -1.43. The fourth-order valence-electron chi connectivity index (χ4n) is 5.34. The van der Waals surface area contributed by atoms with Gasteiger partial charge in [0, 0.05) is 54.1 Å². The summed E-state index contributed by atoms with van der Waals surface area (Å²) in [7, 11) is 4.21. The molecule has 1 saturated heterocycles. The average Bonchev–Trinajstić information content (AvgIpc) is 2.98. The van der Waals surface area contributed by atoms with Crippen LogP contribution in [0.3, 0.4) is 0 Å². The Labute approximate surface area is 174 Å². The van der Waals surface area contributed by atoms with E-state index < -0.39 is 0 Å². The van der Waals surface area contributed by atoms with Crippen molar-refractivity contribution in [3.63, 3.8) is 0 Å². The highest BCUT2D eigenvalue weighted by Crippen LogP contribution is 2.44. The molecule has 0 unspecified atom stereocenters. The molecule has 152 valence electrons. The number of benzene rings is 1. The standard InChI is InChI=1S/C23H34N4S/c1-5-10-27-14-16(25-22(28)9-11-26(3)4)12-19-17-7-6-8-20-23(17)18(13-21(19)27)15(2)24-20/h6-8,16,19,21,24H,5,9-14H2,1-4H3,(H,25,28)/t16-,19+,21+/m0/s1. The molecular formula is C23H34N4S. The number of rotatable bonds is 6. The Morgan fingerprint density at radius 1 is 1.36 bits per heavy atom. The Morgan fingerprint density at radius 2 is 2.18 bits per heavy atom. The van der Waals surface area contributed by atoms with Crippen LogP contribution < -0.4 is 5.32 Å². The summed E-state index contributed by atoms with van der Waals surface area (Å²) in [5.74, 6) is 0.584. The van der Waals surface area contributed by atoms with Gasteiger partial charge in [-0.2, -0.15) is 0 Å². The van der Waals surface area contributed by atoms with E-state index in [1.54, 1.807) is 11.1 Å². The molecule has 1 fully saturated rings. The molecular weight excluding hydrogens is 364 g/mol. The molecule has 1 aliphatic heterocycles. The molecule has 1 aliphatic carbocycles. The quantitative estimate of drug-likeness (QED) is 0.725. The van der Waals surface area contributed by atoms with Crippen LogP contribution in [0.25, 0.3) is 10.9 Å². The molecule has 0 bridgehead atoms. The molecule has 4 nitrogen and oxygen atoms in total. The zero-order valence-corrected chi connectivity index (χ0v) is 18.5. The van der Waals surface area contributed by atoms with E-state index in [4.69, 9.17) is 12.2 Å². The van der Waals surface area contributed by atoms with Gasteiger partial charge in [-0.25, -0.2) is 0 Å². The van der Waals surface area contributed by atoms with Crippen LogP contribution in [-0.2, 0) is 6.42 Å². The summed E-state index contributed by atoms with van der Waals surface area (Å²) >= 11 is 5.67. The molecule has 0 amide bonds. The van der Waals surface area contributed by atoms with Gasteiger partial charge < -0.3 is 15.2 Å². The first-order valence-electron chi connectivity index (χ1n) is 10.8. The molecule has 0 radical (unpaired) electrons. The van der Waals surface area contributed by atoms with Gasteiger partial charge in [-0.3, -0.25) is 4.90 Å². The zero-order chi connectivity index (χ0) is 19.8. The van der Waals surface area contributed by atoms with Gasteiger partial charge in [0.25, 0.3) is 0 Å². The summed E-state index contributed by atoms with van der Waals surface area (Å²) in [5.41, 5.74) is 5.74. The van der Waals surface area contributed by atoms with E-state index in [0.29, 0.717) is 18.0 Å². The number of likely N-dealkylation sites (tertiary alicyclic amines) is 1. The van der Waals surface area contributed by atoms with Crippen LogP contribution in [0, 0.1) is 6.92 Å². The van der Waals surface area contributed by atoms with Crippen molar-refractivity contribution in [3.05, 3.63) is 35.0 Å². The number of thiocarbonyl (C=S) groups is 1. The lowest BCUT2D eigenvalue weighted by molar-refractivity contribution is 0.105. The second-order valence-electron chi connectivity index (χ2n) is 8.92. The van der Waals surface area contributed by atoms with Gasteiger partial charge in [0.1, 0.15) is 0 Å². The highest BCUT2D eigenvalue weighted by molar-refractivity contribution is 7.80. The lowest BCUT2D eigenvalue weighted by atomic mass is 9.73. The number of nitrogens with zero attached hydrogens (tertiary/aromatic N) is 2. The molecule has 2 heterocycles. The molecule has 2 aliphatic rings. The van der Waals surface area contributed by atoms with Gasteiger partial charge in [0.2, 0.25) is 0 Å². The predicted octanol–water partition coefficient (Wildman–Crippen LogP) is 3.84. The molecule has 28 heavy (non-hydrogen) atoms. The monoisotopic (exact) mass is 398 g/mol. The van der Waals surface area contributed by atoms with Gasteiger partial charge in [-0.15, -0.1) is 0 Å². The van der Waals surface area contributed by atoms with Crippen LogP contribution in [0.5, 0.6) is 0 Å². The summed E-state index contributed by atoms with van der Waals surface area (Å²) in [4.78, 5) is 9.57. The molecule has 1 aromatic heterocycles. The number of H-pyrrole nitrogens is 1. The lowest BCUT2D eigenvalue weighted by Crippen LogP contribution is -2.56. The molecule has 0 spiro atoms. The second kappa shape index (κ2) is 8.13. The van der Waals surface area contributed by atoms with Crippen molar-refractivity contribution in [2.75, 3.05) is 33.7 Å². The zero-order valence-electron chi connectivity index (χ0n) is 17.7. The Morgan fingerprint density at radius 3 is 2.93 bits per heavy atom. The third kappa shape index (κ3) is 3.72. The fraction of sp³-hybridized carbons (Fsp3) is 0.609. The summed E-state index contributed by atoms with van der Waals surface area (Å²) < 4.78 is 0. The first-order chi connectivity index (χ1) is 13.5. The van der Waals surface area contributed by atoms with Crippen molar-refractivity contribution >= 4 is 28.1 Å². The van der Waals surface area contributed by atoms with E-state index in [1.165, 1.54) is 42.4 Å². The van der Waals surface area contributed by atoms with Crippen molar-refractivity contribution in [3.8, 4) is 0 Å². The number of piperidine rings is 1. The van der Waals surface area contributed by atoms with Crippen molar-refractivity contribution in [1.82, 2.24) is 20.1 Å². The topological polar surface area (TPSA) is 34.3 Å². The SMILES string of the molecule is CCCN1C[C@@H](NC(=S)CCN(C)C)C[C@@H]2c3cccc4[nH]c(C)c(c34)C[C@H]21. The van der Waals surface area contributed by atoms with Crippen LogP contribution in [0.1, 0.15) is 48.9 Å². The number of aryl methyl sites for hydroxylation is 1. The van der Waals surface area contributed by atoms with Crippen LogP contribution in [0.4, 0.5) is 0 Å². The minimum atomic E-state index is 0.444. The van der Waals surface area contributed by atoms with Crippen LogP contribution in [0.15, 0.2) is 18.2 Å². The Kier molecular flexibility index (Phi) is 5.77. The third-order valence-electron chi connectivity index (χ3n) is 6.57. The molecule has 2 N–H and O–H groups in total. The predicted molar refractivity (Wildman–Crippen MR) is 122 cm³/mol. The van der Waals surface area contributed by atoms with Crippen molar-refractivity contribution in [2.24, 2.45) is 0 Å². The van der Waals surface area contributed by atoms with Gasteiger partial charge in [-0.05, 0) is 64.0 Å². The Balaban J connectivity index is 1.60. The average molecular weight is 399 g/mol. The van der Waals surface area contributed by atoms with Crippen molar-refractivity contribution in [2.45, 2.75) is 57.5 Å². The Bertz CT molecular complexity index is 856. The van der Waals surface area contributed by atoms with Gasteiger partial charge in [0.15, 0.2) is 0 Å². The van der Waals surface area contributed by atoms with Gasteiger partial charge in [0.05, 0.1) is 4.99 Å². The van der Waals surface area contributed by atoms with E-state index in [0.717, 1.165) is 24.5 Å². The first kappa shape index (κ1) is 19.9. The maximum absolute atomic E-state index is 5.67. The fourth-order valence-corrected chi connectivity index (χ4v) is 5.60. The van der Waals surface area contributed by atoms with E-state index in [-0.39, 0.29) is 0 Å². The van der Waals surface area contributed by atoms with E-state index >= 15 is 0 Å². The number of aromatic nitrogens is 1. The van der Waals surface area contributed by atoms with E-state index in [2.05, 4.69) is 66.2 Å². The molecule has 0 saturated carbocycles. The lowest BCUT2D eigenvalue weighted by Gasteiger charge is -2.47. The van der Waals surface area contributed by atoms with Crippen LogP contribution in [-0.4, -0.2) is 65.6 Å². The summed E-state index contributed by atoms with van der Waals surface area (Å²) in [6.07, 6.45) is 4.49. The number of hydrogen-bond acceptors (Lipinski definition) is 3. The van der Waals surface area contributed by atoms with Crippen molar-refractivity contribution in [1.29, 1.82) is 0 Å². The molecule has 2 aromatic rings. The van der Waals surface area contributed by atoms with Crippen LogP contribution in [0.2, 0.25) is 0 Å². The van der Waals surface area contributed by atoms with Crippen molar-refractivity contribution < 1.29 is 0 Å². The summed E-state index contributed by atoms with van der Waals surface area (Å²) in [6.45, 7) is 7.81. The molecule has 5 heteroatoms. The molecule has 1 aromatic carbocycles. The number of aromatic amines is 1. The maximum Gasteiger partial charge on any atom is 0.0768 e. The summed E-state index contributed by atoms with van der Waals surface area (Å²) in [6, 6.07) is 7.88. The first-order valence-corrected chi connectivity index (χ1v) is 11.2. The largest absolute Gasteiger partial charge is 0.376 e. The molecule has 4 rings (SSSR count). The van der Waals surface area contributed by atoms with Gasteiger partial charge >= 0.3 is 0 Å². The normalized spacial score (nSPS) is 24.5. The summed E-state index contributed by atoms with van der Waals surface area (Å²) in [5, 5.41) is 5.21. The minimum absolute atomic E-state index is 0.444. The van der Waals surface area contributed by atoms with E-state index in [9.17, 15) is 0 Å². The number of fused-ring (bicyclic) bond motifs is 2. The number of hydrogen-bond donors (Lipinski definition) is 2. The minimum Gasteiger partial charge on any atom is -0.376 e. The number of nitrogens with one attached hydrogen (secondary N) is 2. The van der Waals surface area contributed by atoms with E-state index in [1.807, 2.05) is 0 Å². The second-order valence-corrected chi connectivity index (χ2v) is 9.42. The van der Waals surface area contributed by atoms with Crippen LogP contribution >= 0.6 is 12.2 Å².